The van der Waals surface area contributed by atoms with Gasteiger partial charge in [0.1, 0.15) is 0 Å². The van der Waals surface area contributed by atoms with Crippen LogP contribution in [0.5, 0.6) is 0 Å². The lowest BCUT2D eigenvalue weighted by atomic mass is 9.87. The molecule has 0 heterocycles. The molecule has 0 N–H and O–H groups in total. The smallest absolute Gasteiger partial charge is 0.0836 e. The van der Waals surface area contributed by atoms with Crippen molar-refractivity contribution >= 4 is 0 Å². The zero-order valence-electron chi connectivity index (χ0n) is 21.9. The normalized spacial score (nSPS) is 15.0. The molecule has 0 aliphatic rings. The van der Waals surface area contributed by atoms with E-state index >= 15 is 0 Å². The number of ether oxygens (including phenoxy) is 4. The Morgan fingerprint density at radius 1 is 0.700 bits per heavy atom. The molecule has 0 amide bonds. The highest BCUT2D eigenvalue weighted by atomic mass is 16.5. The highest BCUT2D eigenvalue weighted by Gasteiger charge is 2.35. The maximum absolute atomic E-state index is 6.68. The second kappa shape index (κ2) is 16.5. The largest absolute Gasteiger partial charge is 0.378 e. The van der Waals surface area contributed by atoms with Crippen LogP contribution in [-0.4, -0.2) is 50.3 Å². The SMILES string of the molecule is CCCOC(CCC(C)C)CC(CC)(CC)OCC(CC(CC)(CC)OC)OCC. The van der Waals surface area contributed by atoms with Gasteiger partial charge in [-0.05, 0) is 57.8 Å². The van der Waals surface area contributed by atoms with E-state index in [1.807, 2.05) is 7.11 Å². The first kappa shape index (κ1) is 29.8. The Morgan fingerprint density at radius 2 is 1.27 bits per heavy atom. The molecule has 0 saturated heterocycles. The number of hydrogen-bond donors (Lipinski definition) is 0. The highest BCUT2D eigenvalue weighted by molar-refractivity contribution is 4.85. The Balaban J connectivity index is 5.23. The summed E-state index contributed by atoms with van der Waals surface area (Å²) in [7, 11) is 1.82. The maximum atomic E-state index is 6.68. The number of hydrogen-bond acceptors (Lipinski definition) is 4. The topological polar surface area (TPSA) is 36.9 Å². The average Bonchev–Trinajstić information content (AvgIpc) is 2.76. The van der Waals surface area contributed by atoms with E-state index < -0.39 is 0 Å². The van der Waals surface area contributed by atoms with Crippen LogP contribution in [0.1, 0.15) is 113 Å². The lowest BCUT2D eigenvalue weighted by Crippen LogP contribution is -2.42. The van der Waals surface area contributed by atoms with Gasteiger partial charge >= 0.3 is 0 Å². The molecule has 4 nitrogen and oxygen atoms in total. The summed E-state index contributed by atoms with van der Waals surface area (Å²) in [4.78, 5) is 0. The Hall–Kier alpha value is -0.160. The summed E-state index contributed by atoms with van der Waals surface area (Å²) < 4.78 is 24.9. The van der Waals surface area contributed by atoms with Crippen LogP contribution in [0.15, 0.2) is 0 Å². The molecule has 0 aromatic carbocycles. The minimum Gasteiger partial charge on any atom is -0.378 e. The molecule has 0 rings (SSSR count). The standard InChI is InChI=1S/C26H54O4/c1-10-18-29-23(17-16-22(7)8)19-26(13-4,14-5)30-21-24(28-15-6)20-25(11-2,12-3)27-9/h22-24H,10-21H2,1-9H3. The van der Waals surface area contributed by atoms with E-state index in [4.69, 9.17) is 18.9 Å². The zero-order valence-corrected chi connectivity index (χ0v) is 21.9. The average molecular weight is 431 g/mol. The Kier molecular flexibility index (Phi) is 16.4. The molecule has 0 radical (unpaired) electrons. The molecule has 0 bridgehead atoms. The van der Waals surface area contributed by atoms with Gasteiger partial charge in [0.2, 0.25) is 0 Å². The van der Waals surface area contributed by atoms with Crippen molar-refractivity contribution in [2.75, 3.05) is 26.9 Å². The molecule has 4 heteroatoms. The molecule has 0 aliphatic carbocycles. The van der Waals surface area contributed by atoms with E-state index in [9.17, 15) is 0 Å². The molecular weight excluding hydrogens is 376 g/mol. The second-order valence-corrected chi connectivity index (χ2v) is 9.24. The summed E-state index contributed by atoms with van der Waals surface area (Å²) in [6.45, 7) is 19.9. The van der Waals surface area contributed by atoms with E-state index in [1.165, 1.54) is 6.42 Å². The van der Waals surface area contributed by atoms with Gasteiger partial charge in [0.05, 0.1) is 30.0 Å². The van der Waals surface area contributed by atoms with Crippen LogP contribution in [-0.2, 0) is 18.9 Å². The van der Waals surface area contributed by atoms with Gasteiger partial charge in [-0.15, -0.1) is 0 Å². The first-order chi connectivity index (χ1) is 14.3. The maximum Gasteiger partial charge on any atom is 0.0836 e. The lowest BCUT2D eigenvalue weighted by molar-refractivity contribution is -0.141. The molecule has 0 spiro atoms. The fourth-order valence-corrected chi connectivity index (χ4v) is 4.26. The molecule has 2 atom stereocenters. The third-order valence-corrected chi connectivity index (χ3v) is 6.81. The van der Waals surface area contributed by atoms with Crippen LogP contribution >= 0.6 is 0 Å². The fraction of sp³-hybridized carbons (Fsp3) is 1.00. The van der Waals surface area contributed by atoms with Crippen molar-refractivity contribution in [3.05, 3.63) is 0 Å². The summed E-state index contributed by atoms with van der Waals surface area (Å²) in [6.07, 6.45) is 9.47. The van der Waals surface area contributed by atoms with Crippen molar-refractivity contribution in [3.8, 4) is 0 Å². The van der Waals surface area contributed by atoms with Crippen LogP contribution in [0.3, 0.4) is 0 Å². The summed E-state index contributed by atoms with van der Waals surface area (Å²) in [5.41, 5.74) is -0.285. The van der Waals surface area contributed by atoms with E-state index in [-0.39, 0.29) is 23.4 Å². The monoisotopic (exact) mass is 430 g/mol. The molecule has 182 valence electrons. The molecule has 30 heavy (non-hydrogen) atoms. The van der Waals surface area contributed by atoms with Crippen LogP contribution in [0.25, 0.3) is 0 Å². The number of rotatable bonds is 20. The van der Waals surface area contributed by atoms with Gasteiger partial charge in [0.25, 0.3) is 0 Å². The molecular formula is C26H54O4. The van der Waals surface area contributed by atoms with E-state index in [2.05, 4.69) is 55.4 Å². The van der Waals surface area contributed by atoms with Crippen LogP contribution < -0.4 is 0 Å². The summed E-state index contributed by atoms with van der Waals surface area (Å²) in [6, 6.07) is 0. The third-order valence-electron chi connectivity index (χ3n) is 6.81. The Bertz CT molecular complexity index is 380. The van der Waals surface area contributed by atoms with E-state index in [0.29, 0.717) is 19.1 Å². The van der Waals surface area contributed by atoms with Gasteiger partial charge in [-0.2, -0.15) is 0 Å². The molecule has 0 fully saturated rings. The first-order valence-corrected chi connectivity index (χ1v) is 12.7. The van der Waals surface area contributed by atoms with Gasteiger partial charge in [0.15, 0.2) is 0 Å². The quantitative estimate of drug-likeness (QED) is 0.205. The second-order valence-electron chi connectivity index (χ2n) is 9.24. The van der Waals surface area contributed by atoms with Gasteiger partial charge in [-0.25, -0.2) is 0 Å². The zero-order chi connectivity index (χ0) is 23.0. The van der Waals surface area contributed by atoms with Crippen LogP contribution in [0.4, 0.5) is 0 Å². The van der Waals surface area contributed by atoms with E-state index in [0.717, 1.165) is 58.0 Å². The van der Waals surface area contributed by atoms with Gasteiger partial charge in [-0.3, -0.25) is 0 Å². The fourth-order valence-electron chi connectivity index (χ4n) is 4.26. The minimum absolute atomic E-state index is 0.0537. The molecule has 0 aromatic rings. The predicted octanol–water partition coefficient (Wildman–Crippen LogP) is 7.18. The van der Waals surface area contributed by atoms with Gasteiger partial charge in [-0.1, -0.05) is 48.5 Å². The summed E-state index contributed by atoms with van der Waals surface area (Å²) in [5.74, 6) is 0.698. The van der Waals surface area contributed by atoms with E-state index in [1.54, 1.807) is 0 Å². The van der Waals surface area contributed by atoms with Gasteiger partial charge < -0.3 is 18.9 Å². The molecule has 2 unspecified atom stereocenters. The first-order valence-electron chi connectivity index (χ1n) is 12.7. The minimum atomic E-state index is -0.154. The van der Waals surface area contributed by atoms with Crippen molar-refractivity contribution in [2.24, 2.45) is 5.92 Å². The van der Waals surface area contributed by atoms with Crippen molar-refractivity contribution < 1.29 is 18.9 Å². The predicted molar refractivity (Wildman–Crippen MR) is 128 cm³/mol. The number of methoxy groups -OCH3 is 1. The van der Waals surface area contributed by atoms with Crippen molar-refractivity contribution in [1.29, 1.82) is 0 Å². The van der Waals surface area contributed by atoms with Crippen molar-refractivity contribution in [2.45, 2.75) is 137 Å². The Labute approximate surface area is 188 Å². The summed E-state index contributed by atoms with van der Waals surface area (Å²) in [5, 5.41) is 0. The summed E-state index contributed by atoms with van der Waals surface area (Å²) >= 11 is 0. The van der Waals surface area contributed by atoms with Crippen molar-refractivity contribution in [3.63, 3.8) is 0 Å². The molecule has 0 saturated carbocycles. The lowest BCUT2D eigenvalue weighted by Gasteiger charge is -2.38. The van der Waals surface area contributed by atoms with Crippen LogP contribution in [0, 0.1) is 5.92 Å². The van der Waals surface area contributed by atoms with Gasteiger partial charge in [0, 0.05) is 33.2 Å². The van der Waals surface area contributed by atoms with Crippen LogP contribution in [0.2, 0.25) is 0 Å². The third kappa shape index (κ3) is 10.9. The molecule has 0 aromatic heterocycles. The van der Waals surface area contributed by atoms with Crippen molar-refractivity contribution in [1.82, 2.24) is 0 Å². The molecule has 0 aliphatic heterocycles. The highest BCUT2D eigenvalue weighted by Crippen LogP contribution is 2.32. The Morgan fingerprint density at radius 3 is 1.70 bits per heavy atom.